The second-order valence-corrected chi connectivity index (χ2v) is 8.21. The minimum Gasteiger partial charge on any atom is -0.339 e. The summed E-state index contributed by atoms with van der Waals surface area (Å²) >= 11 is 0. The average molecular weight is 406 g/mol. The van der Waals surface area contributed by atoms with Crippen LogP contribution >= 0.6 is 0 Å². The first kappa shape index (κ1) is 21.2. The van der Waals surface area contributed by atoms with Gasteiger partial charge in [-0.2, -0.15) is 4.98 Å². The molecule has 0 aliphatic rings. The maximum atomic E-state index is 12.2. The summed E-state index contributed by atoms with van der Waals surface area (Å²) in [7, 11) is 0. The Balaban J connectivity index is 1.47. The molecule has 0 saturated heterocycles. The predicted octanol–water partition coefficient (Wildman–Crippen LogP) is 3.74. The Bertz CT molecular complexity index is 1020. The van der Waals surface area contributed by atoms with Gasteiger partial charge in [-0.3, -0.25) is 20.4 Å². The fourth-order valence-corrected chi connectivity index (χ4v) is 2.78. The van der Waals surface area contributed by atoms with E-state index in [-0.39, 0.29) is 30.1 Å². The number of carbonyl (C=O) groups is 2. The normalized spacial score (nSPS) is 11.2. The van der Waals surface area contributed by atoms with Gasteiger partial charge in [-0.25, -0.2) is 0 Å². The number of rotatable bonds is 5. The van der Waals surface area contributed by atoms with E-state index in [1.165, 1.54) is 0 Å². The van der Waals surface area contributed by atoms with Crippen LogP contribution in [0.1, 0.15) is 54.6 Å². The van der Waals surface area contributed by atoms with Crippen molar-refractivity contribution >= 4 is 11.8 Å². The Morgan fingerprint density at radius 2 is 1.63 bits per heavy atom. The highest BCUT2D eigenvalue weighted by Crippen LogP contribution is 2.22. The number of hydrogen-bond donors (Lipinski definition) is 2. The van der Waals surface area contributed by atoms with E-state index in [1.54, 1.807) is 12.1 Å². The van der Waals surface area contributed by atoms with E-state index in [9.17, 15) is 9.59 Å². The molecule has 7 heteroatoms. The first-order valence-corrected chi connectivity index (χ1v) is 9.82. The minimum atomic E-state index is -0.372. The molecule has 0 aliphatic carbocycles. The third-order valence-electron chi connectivity index (χ3n) is 4.67. The quantitative estimate of drug-likeness (QED) is 0.629. The van der Waals surface area contributed by atoms with Crippen LogP contribution in [0.25, 0.3) is 11.4 Å². The van der Waals surface area contributed by atoms with Crippen molar-refractivity contribution in [3.63, 3.8) is 0 Å². The van der Waals surface area contributed by atoms with Gasteiger partial charge in [-0.05, 0) is 30.0 Å². The van der Waals surface area contributed by atoms with Gasteiger partial charge < -0.3 is 4.52 Å². The largest absolute Gasteiger partial charge is 0.339 e. The Morgan fingerprint density at radius 3 is 2.27 bits per heavy atom. The van der Waals surface area contributed by atoms with Crippen molar-refractivity contribution < 1.29 is 14.1 Å². The fourth-order valence-electron chi connectivity index (χ4n) is 2.78. The lowest BCUT2D eigenvalue weighted by molar-refractivity contribution is -0.121. The minimum absolute atomic E-state index is 0.0112. The summed E-state index contributed by atoms with van der Waals surface area (Å²) < 4.78 is 5.20. The number of nitrogens with one attached hydrogen (secondary N) is 2. The van der Waals surface area contributed by atoms with Gasteiger partial charge in [0.25, 0.3) is 5.91 Å². The van der Waals surface area contributed by atoms with Crippen LogP contribution in [-0.2, 0) is 16.6 Å². The molecule has 3 aromatic rings. The average Bonchev–Trinajstić information content (AvgIpc) is 3.19. The third kappa shape index (κ3) is 5.53. The standard InChI is InChI=1S/C23H26N4O3/c1-15-5-7-16(8-6-15)21-24-20(30-27-21)14-13-19(28)25-26-22(29)17-9-11-18(12-10-17)23(2,3)4/h5-12H,13-14H2,1-4H3,(H,25,28)(H,26,29). The molecule has 1 heterocycles. The Hall–Kier alpha value is -3.48. The van der Waals surface area contributed by atoms with Crippen LogP contribution in [0.2, 0.25) is 0 Å². The van der Waals surface area contributed by atoms with Crippen LogP contribution < -0.4 is 10.9 Å². The molecule has 2 aromatic carbocycles. The van der Waals surface area contributed by atoms with Crippen molar-refractivity contribution in [2.24, 2.45) is 0 Å². The summed E-state index contributed by atoms with van der Waals surface area (Å²) in [6, 6.07) is 15.1. The lowest BCUT2D eigenvalue weighted by Crippen LogP contribution is -2.41. The van der Waals surface area contributed by atoms with E-state index >= 15 is 0 Å². The molecule has 156 valence electrons. The molecular formula is C23H26N4O3. The topological polar surface area (TPSA) is 97.1 Å². The van der Waals surface area contributed by atoms with Gasteiger partial charge in [-0.1, -0.05) is 67.9 Å². The maximum Gasteiger partial charge on any atom is 0.269 e. The summed E-state index contributed by atoms with van der Waals surface area (Å²) in [6.07, 6.45) is 0.389. The van der Waals surface area contributed by atoms with E-state index in [4.69, 9.17) is 4.52 Å². The predicted molar refractivity (Wildman–Crippen MR) is 114 cm³/mol. The number of hydrazine groups is 1. The molecule has 0 atom stereocenters. The maximum absolute atomic E-state index is 12.2. The first-order valence-electron chi connectivity index (χ1n) is 9.82. The lowest BCUT2D eigenvalue weighted by atomic mass is 9.87. The van der Waals surface area contributed by atoms with Gasteiger partial charge in [0, 0.05) is 24.0 Å². The number of aromatic nitrogens is 2. The zero-order valence-corrected chi connectivity index (χ0v) is 17.7. The summed E-state index contributed by atoms with van der Waals surface area (Å²) in [5.41, 5.74) is 8.45. The number of carbonyl (C=O) groups excluding carboxylic acids is 2. The summed E-state index contributed by atoms with van der Waals surface area (Å²) in [5.74, 6) is 0.134. The molecule has 0 fully saturated rings. The highest BCUT2D eigenvalue weighted by Gasteiger charge is 2.15. The lowest BCUT2D eigenvalue weighted by Gasteiger charge is -2.19. The van der Waals surface area contributed by atoms with E-state index < -0.39 is 0 Å². The Kier molecular flexibility index (Phi) is 6.30. The Morgan fingerprint density at radius 1 is 0.967 bits per heavy atom. The highest BCUT2D eigenvalue weighted by molar-refractivity contribution is 5.95. The smallest absolute Gasteiger partial charge is 0.269 e. The van der Waals surface area contributed by atoms with E-state index in [0.717, 1.165) is 16.7 Å². The molecule has 1 aromatic heterocycles. The summed E-state index contributed by atoms with van der Waals surface area (Å²) in [6.45, 7) is 8.32. The molecule has 0 radical (unpaired) electrons. The number of benzene rings is 2. The van der Waals surface area contributed by atoms with Gasteiger partial charge in [0.05, 0.1) is 0 Å². The number of aryl methyl sites for hydroxylation is 2. The van der Waals surface area contributed by atoms with Gasteiger partial charge in [-0.15, -0.1) is 0 Å². The number of amides is 2. The fraction of sp³-hybridized carbons (Fsp3) is 0.304. The van der Waals surface area contributed by atoms with Crippen LogP contribution in [-0.4, -0.2) is 22.0 Å². The molecule has 0 bridgehead atoms. The van der Waals surface area contributed by atoms with E-state index in [1.807, 2.05) is 43.3 Å². The van der Waals surface area contributed by atoms with Gasteiger partial charge in [0.1, 0.15) is 0 Å². The SMILES string of the molecule is Cc1ccc(-c2noc(CCC(=O)NNC(=O)c3ccc(C(C)(C)C)cc3)n2)cc1. The van der Waals surface area contributed by atoms with Crippen molar-refractivity contribution in [2.75, 3.05) is 0 Å². The molecular weight excluding hydrogens is 380 g/mol. The van der Waals surface area contributed by atoms with Crippen LogP contribution in [0.3, 0.4) is 0 Å². The zero-order valence-electron chi connectivity index (χ0n) is 17.7. The molecule has 30 heavy (non-hydrogen) atoms. The third-order valence-corrected chi connectivity index (χ3v) is 4.67. The van der Waals surface area contributed by atoms with Crippen LogP contribution in [0, 0.1) is 6.92 Å². The number of hydrogen-bond acceptors (Lipinski definition) is 5. The van der Waals surface area contributed by atoms with Crippen molar-refractivity contribution in [1.82, 2.24) is 21.0 Å². The van der Waals surface area contributed by atoms with E-state index in [0.29, 0.717) is 17.3 Å². The van der Waals surface area contributed by atoms with E-state index in [2.05, 4.69) is 41.8 Å². The highest BCUT2D eigenvalue weighted by atomic mass is 16.5. The Labute approximate surface area is 175 Å². The van der Waals surface area contributed by atoms with Crippen molar-refractivity contribution in [1.29, 1.82) is 0 Å². The summed E-state index contributed by atoms with van der Waals surface area (Å²) in [5, 5.41) is 3.94. The second kappa shape index (κ2) is 8.90. The monoisotopic (exact) mass is 406 g/mol. The molecule has 7 nitrogen and oxygen atoms in total. The van der Waals surface area contributed by atoms with Crippen LogP contribution in [0.5, 0.6) is 0 Å². The van der Waals surface area contributed by atoms with Crippen LogP contribution in [0.4, 0.5) is 0 Å². The first-order chi connectivity index (χ1) is 14.2. The van der Waals surface area contributed by atoms with Crippen molar-refractivity contribution in [2.45, 2.75) is 46.0 Å². The van der Waals surface area contributed by atoms with Crippen molar-refractivity contribution in [3.05, 3.63) is 71.1 Å². The molecule has 2 amide bonds. The molecule has 0 spiro atoms. The molecule has 2 N–H and O–H groups in total. The number of nitrogens with zero attached hydrogens (tertiary/aromatic N) is 2. The zero-order chi connectivity index (χ0) is 21.7. The molecule has 0 unspecified atom stereocenters. The molecule has 0 aliphatic heterocycles. The van der Waals surface area contributed by atoms with Gasteiger partial charge in [0.15, 0.2) is 0 Å². The van der Waals surface area contributed by atoms with Crippen molar-refractivity contribution in [3.8, 4) is 11.4 Å². The molecule has 3 rings (SSSR count). The van der Waals surface area contributed by atoms with Gasteiger partial charge >= 0.3 is 0 Å². The summed E-state index contributed by atoms with van der Waals surface area (Å²) in [4.78, 5) is 28.5. The van der Waals surface area contributed by atoms with Gasteiger partial charge in [0.2, 0.25) is 17.6 Å². The van der Waals surface area contributed by atoms with Crippen LogP contribution in [0.15, 0.2) is 53.1 Å². The molecule has 0 saturated carbocycles. The second-order valence-electron chi connectivity index (χ2n) is 8.21.